The van der Waals surface area contributed by atoms with Crippen molar-refractivity contribution in [1.82, 2.24) is 5.32 Å². The number of methoxy groups -OCH3 is 1. The fourth-order valence-corrected chi connectivity index (χ4v) is 1.32. The summed E-state index contributed by atoms with van der Waals surface area (Å²) >= 11 is 0. The van der Waals surface area contributed by atoms with Gasteiger partial charge in [-0.15, -0.1) is 0 Å². The maximum atomic E-state index is 11.1. The van der Waals surface area contributed by atoms with Crippen LogP contribution in [-0.2, 0) is 14.3 Å². The van der Waals surface area contributed by atoms with Gasteiger partial charge in [0, 0.05) is 5.70 Å². The van der Waals surface area contributed by atoms with E-state index in [0.717, 1.165) is 12.8 Å². The van der Waals surface area contributed by atoms with Crippen LogP contribution in [0.2, 0.25) is 0 Å². The first-order chi connectivity index (χ1) is 5.79. The fourth-order valence-electron chi connectivity index (χ4n) is 1.32. The Bertz CT molecular complexity index is 232. The van der Waals surface area contributed by atoms with Gasteiger partial charge in [-0.2, -0.15) is 0 Å². The van der Waals surface area contributed by atoms with Crippen molar-refractivity contribution < 1.29 is 14.3 Å². The van der Waals surface area contributed by atoms with Crippen LogP contribution >= 0.6 is 0 Å². The minimum Gasteiger partial charge on any atom is -0.466 e. The predicted octanol–water partition coefficient (Wildman–Crippen LogP) is 0.343. The molecule has 66 valence electrons. The Morgan fingerprint density at radius 2 is 2.33 bits per heavy atom. The third-order valence-electron chi connectivity index (χ3n) is 1.88. The van der Waals surface area contributed by atoms with E-state index >= 15 is 0 Å². The highest BCUT2D eigenvalue weighted by Crippen LogP contribution is 2.24. The lowest BCUT2D eigenvalue weighted by molar-refractivity contribution is -0.136. The molecule has 4 heteroatoms. The number of carbonyl (C=O) groups is 2. The largest absolute Gasteiger partial charge is 0.466 e. The Hall–Kier alpha value is -1.32. The minimum atomic E-state index is -0.336. The highest BCUT2D eigenvalue weighted by atomic mass is 16.5. The number of amides is 1. The molecule has 0 unspecified atom stereocenters. The number of hydrogen-bond acceptors (Lipinski definition) is 3. The van der Waals surface area contributed by atoms with Crippen LogP contribution in [0.15, 0.2) is 11.3 Å². The number of nitrogens with one attached hydrogen (secondary N) is 1. The molecule has 0 radical (unpaired) electrons. The molecule has 1 aliphatic rings. The van der Waals surface area contributed by atoms with Gasteiger partial charge in [0.2, 0.25) is 6.41 Å². The lowest BCUT2D eigenvalue weighted by atomic mass is 10.2. The van der Waals surface area contributed by atoms with Crippen LogP contribution in [0.3, 0.4) is 0 Å². The third-order valence-corrected chi connectivity index (χ3v) is 1.88. The normalized spacial score (nSPS) is 16.1. The van der Waals surface area contributed by atoms with E-state index in [1.54, 1.807) is 0 Å². The molecule has 0 bridgehead atoms. The second-order valence-electron chi connectivity index (χ2n) is 2.56. The standard InChI is InChI=1S/C8H11NO3/c1-12-8(11)6-3-2-4-7(6)9-5-10/h5H,2-4H2,1H3,(H,9,10). The first kappa shape index (κ1) is 8.77. The number of hydrogen-bond donors (Lipinski definition) is 1. The van der Waals surface area contributed by atoms with Gasteiger partial charge in [0.15, 0.2) is 0 Å². The second kappa shape index (κ2) is 3.90. The summed E-state index contributed by atoms with van der Waals surface area (Å²) in [5.41, 5.74) is 1.31. The summed E-state index contributed by atoms with van der Waals surface area (Å²) in [7, 11) is 1.34. The van der Waals surface area contributed by atoms with Crippen molar-refractivity contribution >= 4 is 12.4 Å². The Balaban J connectivity index is 2.75. The molecule has 1 N–H and O–H groups in total. The molecule has 12 heavy (non-hydrogen) atoms. The Morgan fingerprint density at radius 1 is 1.58 bits per heavy atom. The smallest absolute Gasteiger partial charge is 0.335 e. The molecule has 0 aromatic carbocycles. The van der Waals surface area contributed by atoms with Crippen LogP contribution in [-0.4, -0.2) is 19.5 Å². The van der Waals surface area contributed by atoms with Gasteiger partial charge in [0.25, 0.3) is 0 Å². The molecule has 0 heterocycles. The highest BCUT2D eigenvalue weighted by molar-refractivity contribution is 5.90. The topological polar surface area (TPSA) is 55.4 Å². The Morgan fingerprint density at radius 3 is 2.92 bits per heavy atom. The van der Waals surface area contributed by atoms with E-state index < -0.39 is 0 Å². The highest BCUT2D eigenvalue weighted by Gasteiger charge is 2.20. The van der Waals surface area contributed by atoms with Crippen LogP contribution in [0.25, 0.3) is 0 Å². The van der Waals surface area contributed by atoms with Crippen LogP contribution in [0.4, 0.5) is 0 Å². The Kier molecular flexibility index (Phi) is 2.85. The van der Waals surface area contributed by atoms with Gasteiger partial charge in [0.05, 0.1) is 12.7 Å². The third kappa shape index (κ3) is 1.64. The molecule has 0 spiro atoms. The molecule has 0 saturated carbocycles. The summed E-state index contributed by atoms with van der Waals surface area (Å²) in [4.78, 5) is 21.2. The van der Waals surface area contributed by atoms with E-state index in [4.69, 9.17) is 0 Å². The zero-order chi connectivity index (χ0) is 8.97. The van der Waals surface area contributed by atoms with Gasteiger partial charge in [-0.3, -0.25) is 4.79 Å². The van der Waals surface area contributed by atoms with Crippen LogP contribution in [0.5, 0.6) is 0 Å². The molecule has 0 aromatic rings. The molecule has 4 nitrogen and oxygen atoms in total. The second-order valence-corrected chi connectivity index (χ2v) is 2.56. The van der Waals surface area contributed by atoms with Crippen molar-refractivity contribution in [2.45, 2.75) is 19.3 Å². The SMILES string of the molecule is COC(=O)C1=C(NC=O)CCC1. The van der Waals surface area contributed by atoms with Gasteiger partial charge in [0.1, 0.15) is 0 Å². The van der Waals surface area contributed by atoms with E-state index in [9.17, 15) is 9.59 Å². The molecular formula is C8H11NO3. The monoisotopic (exact) mass is 169 g/mol. The summed E-state index contributed by atoms with van der Waals surface area (Å²) in [6.45, 7) is 0. The lowest BCUT2D eigenvalue weighted by Crippen LogP contribution is -2.14. The van der Waals surface area contributed by atoms with E-state index in [0.29, 0.717) is 24.1 Å². The maximum Gasteiger partial charge on any atom is 0.335 e. The quantitative estimate of drug-likeness (QED) is 0.489. The molecule has 0 fully saturated rings. The van der Waals surface area contributed by atoms with Crippen molar-refractivity contribution in [3.8, 4) is 0 Å². The molecule has 0 aromatic heterocycles. The van der Waals surface area contributed by atoms with E-state index in [1.165, 1.54) is 7.11 Å². The van der Waals surface area contributed by atoms with Crippen molar-refractivity contribution in [2.24, 2.45) is 0 Å². The molecule has 0 saturated heterocycles. The van der Waals surface area contributed by atoms with E-state index in [-0.39, 0.29) is 5.97 Å². The maximum absolute atomic E-state index is 11.1. The Labute approximate surface area is 70.6 Å². The van der Waals surface area contributed by atoms with Gasteiger partial charge in [-0.1, -0.05) is 0 Å². The average molecular weight is 169 g/mol. The molecule has 1 rings (SSSR count). The van der Waals surface area contributed by atoms with E-state index in [2.05, 4.69) is 10.1 Å². The summed E-state index contributed by atoms with van der Waals surface area (Å²) in [5, 5.41) is 2.51. The number of carbonyl (C=O) groups excluding carboxylic acids is 2. The van der Waals surface area contributed by atoms with Gasteiger partial charge in [-0.05, 0) is 19.3 Å². The van der Waals surface area contributed by atoms with Crippen LogP contribution in [0.1, 0.15) is 19.3 Å². The van der Waals surface area contributed by atoms with Crippen LogP contribution < -0.4 is 5.32 Å². The van der Waals surface area contributed by atoms with Gasteiger partial charge in [-0.25, -0.2) is 4.79 Å². The average Bonchev–Trinajstić information content (AvgIpc) is 2.52. The fraction of sp³-hybridized carbons (Fsp3) is 0.500. The van der Waals surface area contributed by atoms with Crippen LogP contribution in [0, 0.1) is 0 Å². The summed E-state index contributed by atoms with van der Waals surface area (Å²) in [5.74, 6) is -0.336. The molecule has 1 aliphatic carbocycles. The lowest BCUT2D eigenvalue weighted by Gasteiger charge is -2.02. The van der Waals surface area contributed by atoms with Gasteiger partial charge >= 0.3 is 5.97 Å². The molecule has 0 aliphatic heterocycles. The minimum absolute atomic E-state index is 0.336. The molecule has 1 amide bonds. The van der Waals surface area contributed by atoms with Crippen molar-refractivity contribution in [2.75, 3.05) is 7.11 Å². The predicted molar refractivity (Wildman–Crippen MR) is 42.1 cm³/mol. The van der Waals surface area contributed by atoms with Crippen molar-refractivity contribution in [3.63, 3.8) is 0 Å². The zero-order valence-electron chi connectivity index (χ0n) is 6.92. The van der Waals surface area contributed by atoms with Gasteiger partial charge < -0.3 is 10.1 Å². The summed E-state index contributed by atoms with van der Waals surface area (Å²) < 4.78 is 4.56. The van der Waals surface area contributed by atoms with Crippen molar-refractivity contribution in [3.05, 3.63) is 11.3 Å². The first-order valence-corrected chi connectivity index (χ1v) is 3.80. The molecule has 0 atom stereocenters. The van der Waals surface area contributed by atoms with E-state index in [1.807, 2.05) is 0 Å². The zero-order valence-corrected chi connectivity index (χ0v) is 6.92. The number of rotatable bonds is 3. The number of allylic oxidation sites excluding steroid dienone is 1. The first-order valence-electron chi connectivity index (χ1n) is 3.80. The number of ether oxygens (including phenoxy) is 1. The number of esters is 1. The summed E-state index contributed by atoms with van der Waals surface area (Å²) in [6, 6.07) is 0. The van der Waals surface area contributed by atoms with Crippen molar-refractivity contribution in [1.29, 1.82) is 0 Å². The summed E-state index contributed by atoms with van der Waals surface area (Å²) in [6.07, 6.45) is 2.94. The molecular weight excluding hydrogens is 158 g/mol.